The van der Waals surface area contributed by atoms with Crippen LogP contribution >= 0.6 is 0 Å². The summed E-state index contributed by atoms with van der Waals surface area (Å²) < 4.78 is 4.90. The van der Waals surface area contributed by atoms with E-state index in [9.17, 15) is 9.59 Å². The first-order chi connectivity index (χ1) is 7.98. The second-order valence-corrected chi connectivity index (χ2v) is 5.10. The number of hydrogen-bond acceptors (Lipinski definition) is 5. The fourth-order valence-electron chi connectivity index (χ4n) is 3.22. The highest BCUT2D eigenvalue weighted by Crippen LogP contribution is 2.42. The van der Waals surface area contributed by atoms with E-state index in [2.05, 4.69) is 4.90 Å². The average Bonchev–Trinajstić information content (AvgIpc) is 2.68. The minimum Gasteiger partial charge on any atom is -0.480 e. The number of carbonyl (C=O) groups is 2. The molecule has 0 aliphatic carbocycles. The summed E-state index contributed by atoms with van der Waals surface area (Å²) in [5.74, 6) is -0.877. The van der Waals surface area contributed by atoms with E-state index in [0.717, 1.165) is 6.54 Å². The van der Waals surface area contributed by atoms with Crippen molar-refractivity contribution in [3.63, 3.8) is 0 Å². The van der Waals surface area contributed by atoms with Crippen molar-refractivity contribution in [2.24, 2.45) is 11.3 Å². The van der Waals surface area contributed by atoms with Gasteiger partial charge in [-0.15, -0.1) is 0 Å². The van der Waals surface area contributed by atoms with Gasteiger partial charge in [0, 0.05) is 32.1 Å². The maximum Gasteiger partial charge on any atom is 0.317 e. The Hall–Kier alpha value is -1.14. The summed E-state index contributed by atoms with van der Waals surface area (Å²) >= 11 is 0. The van der Waals surface area contributed by atoms with E-state index in [-0.39, 0.29) is 18.4 Å². The molecule has 2 rings (SSSR count). The molecule has 96 valence electrons. The fourth-order valence-corrected chi connectivity index (χ4v) is 3.22. The zero-order chi connectivity index (χ0) is 12.6. The molecular formula is C11H18N2O4. The molecule has 0 aromatic carbocycles. The Morgan fingerprint density at radius 3 is 2.71 bits per heavy atom. The van der Waals surface area contributed by atoms with Gasteiger partial charge in [0.15, 0.2) is 0 Å². The topological polar surface area (TPSA) is 70.1 Å². The van der Waals surface area contributed by atoms with E-state index < -0.39 is 11.4 Å². The van der Waals surface area contributed by atoms with Crippen molar-refractivity contribution >= 4 is 11.9 Å². The number of fused-ring (bicyclic) bond motifs is 1. The van der Waals surface area contributed by atoms with Crippen LogP contribution in [0, 0.1) is 11.3 Å². The molecule has 0 saturated carbocycles. The van der Waals surface area contributed by atoms with Crippen molar-refractivity contribution in [1.82, 2.24) is 9.80 Å². The van der Waals surface area contributed by atoms with Crippen LogP contribution in [0.4, 0.5) is 0 Å². The molecule has 2 heterocycles. The summed E-state index contributed by atoms with van der Waals surface area (Å²) in [6, 6.07) is 0. The first kappa shape index (κ1) is 12.3. The van der Waals surface area contributed by atoms with Gasteiger partial charge < -0.3 is 14.7 Å². The molecule has 6 heteroatoms. The van der Waals surface area contributed by atoms with E-state index in [0.29, 0.717) is 19.6 Å². The molecule has 17 heavy (non-hydrogen) atoms. The van der Waals surface area contributed by atoms with E-state index in [1.807, 2.05) is 11.9 Å². The smallest absolute Gasteiger partial charge is 0.317 e. The number of carbonyl (C=O) groups excluding carboxylic acids is 1. The molecule has 1 N–H and O–H groups in total. The maximum atomic E-state index is 12.0. The van der Waals surface area contributed by atoms with E-state index in [4.69, 9.17) is 9.84 Å². The van der Waals surface area contributed by atoms with Crippen LogP contribution in [0.15, 0.2) is 0 Å². The minimum atomic E-state index is -0.849. The van der Waals surface area contributed by atoms with Gasteiger partial charge in [0.25, 0.3) is 0 Å². The Morgan fingerprint density at radius 2 is 2.12 bits per heavy atom. The monoisotopic (exact) mass is 242 g/mol. The highest BCUT2D eigenvalue weighted by molar-refractivity contribution is 5.79. The van der Waals surface area contributed by atoms with Crippen LogP contribution in [-0.4, -0.2) is 73.7 Å². The third-order valence-corrected chi connectivity index (χ3v) is 3.80. The van der Waals surface area contributed by atoms with E-state index in [1.54, 1.807) is 0 Å². The average molecular weight is 242 g/mol. The summed E-state index contributed by atoms with van der Waals surface area (Å²) in [7, 11) is 3.37. The lowest BCUT2D eigenvalue weighted by molar-refractivity contribution is -0.153. The first-order valence-electron chi connectivity index (χ1n) is 5.69. The van der Waals surface area contributed by atoms with Gasteiger partial charge in [-0.1, -0.05) is 0 Å². The highest BCUT2D eigenvalue weighted by atomic mass is 16.5. The van der Waals surface area contributed by atoms with Crippen molar-refractivity contribution in [1.29, 1.82) is 0 Å². The third kappa shape index (κ3) is 2.02. The number of esters is 1. The van der Waals surface area contributed by atoms with Crippen molar-refractivity contribution in [2.45, 2.75) is 0 Å². The quantitative estimate of drug-likeness (QED) is 0.647. The van der Waals surface area contributed by atoms with Crippen LogP contribution in [0.2, 0.25) is 0 Å². The van der Waals surface area contributed by atoms with Crippen LogP contribution in [0.3, 0.4) is 0 Å². The Labute approximate surface area is 100 Å². The van der Waals surface area contributed by atoms with Gasteiger partial charge in [0.1, 0.15) is 0 Å². The molecule has 2 aliphatic heterocycles. The van der Waals surface area contributed by atoms with Crippen molar-refractivity contribution in [2.75, 3.05) is 46.9 Å². The van der Waals surface area contributed by atoms with Gasteiger partial charge >= 0.3 is 11.9 Å². The van der Waals surface area contributed by atoms with Gasteiger partial charge in [-0.3, -0.25) is 14.5 Å². The summed E-state index contributed by atoms with van der Waals surface area (Å²) in [5.41, 5.74) is -0.529. The van der Waals surface area contributed by atoms with Crippen LogP contribution in [0.25, 0.3) is 0 Å². The molecule has 2 atom stereocenters. The number of likely N-dealkylation sites (tertiary alicyclic amines) is 2. The van der Waals surface area contributed by atoms with Gasteiger partial charge in [-0.2, -0.15) is 0 Å². The van der Waals surface area contributed by atoms with Crippen LogP contribution in [0.1, 0.15) is 0 Å². The normalized spacial score (nSPS) is 33.6. The van der Waals surface area contributed by atoms with Crippen molar-refractivity contribution in [3.05, 3.63) is 0 Å². The second kappa shape index (κ2) is 4.27. The van der Waals surface area contributed by atoms with Crippen LogP contribution in [0.5, 0.6) is 0 Å². The maximum absolute atomic E-state index is 12.0. The summed E-state index contributed by atoms with van der Waals surface area (Å²) in [6.45, 7) is 2.62. The molecule has 0 bridgehead atoms. The molecule has 0 aromatic rings. The highest BCUT2D eigenvalue weighted by Gasteiger charge is 2.57. The SMILES string of the molecule is COC(=O)[C@]12CN(C)C[C@H]1CN(CC(=O)O)C2. The van der Waals surface area contributed by atoms with Crippen molar-refractivity contribution < 1.29 is 19.4 Å². The lowest BCUT2D eigenvalue weighted by atomic mass is 9.81. The molecule has 2 fully saturated rings. The minimum absolute atomic E-state index is 0.00103. The summed E-state index contributed by atoms with van der Waals surface area (Å²) in [5, 5.41) is 8.80. The molecule has 0 radical (unpaired) electrons. The first-order valence-corrected chi connectivity index (χ1v) is 5.69. The molecule has 6 nitrogen and oxygen atoms in total. The van der Waals surface area contributed by atoms with Crippen molar-refractivity contribution in [3.8, 4) is 0 Å². The number of rotatable bonds is 3. The number of aliphatic carboxylic acids is 1. The largest absolute Gasteiger partial charge is 0.480 e. The Kier molecular flexibility index (Phi) is 3.09. The Balaban J connectivity index is 2.15. The molecule has 0 amide bonds. The van der Waals surface area contributed by atoms with Gasteiger partial charge in [0.2, 0.25) is 0 Å². The molecule has 0 aromatic heterocycles. The number of nitrogens with zero attached hydrogens (tertiary/aromatic N) is 2. The van der Waals surface area contributed by atoms with Crippen LogP contribution < -0.4 is 0 Å². The predicted octanol–water partition coefficient (Wildman–Crippen LogP) is -0.892. The number of methoxy groups -OCH3 is 1. The zero-order valence-electron chi connectivity index (χ0n) is 10.2. The molecule has 2 aliphatic rings. The van der Waals surface area contributed by atoms with E-state index in [1.165, 1.54) is 7.11 Å². The predicted molar refractivity (Wildman–Crippen MR) is 59.5 cm³/mol. The molecule has 2 saturated heterocycles. The fraction of sp³-hybridized carbons (Fsp3) is 0.818. The number of ether oxygens (including phenoxy) is 1. The van der Waals surface area contributed by atoms with Crippen LogP contribution in [-0.2, 0) is 14.3 Å². The molecular weight excluding hydrogens is 224 g/mol. The number of carboxylic acids is 1. The third-order valence-electron chi connectivity index (χ3n) is 3.80. The van der Waals surface area contributed by atoms with E-state index >= 15 is 0 Å². The zero-order valence-corrected chi connectivity index (χ0v) is 10.2. The van der Waals surface area contributed by atoms with Gasteiger partial charge in [-0.05, 0) is 7.05 Å². The van der Waals surface area contributed by atoms with Gasteiger partial charge in [0.05, 0.1) is 19.1 Å². The summed E-state index contributed by atoms with van der Waals surface area (Å²) in [4.78, 5) is 26.6. The number of hydrogen-bond donors (Lipinski definition) is 1. The second-order valence-electron chi connectivity index (χ2n) is 5.10. The Bertz CT molecular complexity index is 346. The Morgan fingerprint density at radius 1 is 1.41 bits per heavy atom. The lowest BCUT2D eigenvalue weighted by Gasteiger charge is -2.25. The molecule has 0 spiro atoms. The molecule has 0 unspecified atom stereocenters. The number of carboxylic acid groups (broad SMARTS) is 1. The summed E-state index contributed by atoms with van der Waals surface area (Å²) in [6.07, 6.45) is 0. The standard InChI is InChI=1S/C11H18N2O4/c1-12-3-8-4-13(5-9(14)15)7-11(8,6-12)10(16)17-2/h8H,3-7H2,1-2H3,(H,14,15)/t8-,11-/m0/s1. The lowest BCUT2D eigenvalue weighted by Crippen LogP contribution is -2.42. The van der Waals surface area contributed by atoms with Gasteiger partial charge in [-0.25, -0.2) is 0 Å².